The fourth-order valence-electron chi connectivity index (χ4n) is 1.84. The minimum atomic E-state index is -0.583. The largest absolute Gasteiger partial charge is 0.467 e. The summed E-state index contributed by atoms with van der Waals surface area (Å²) in [5, 5.41) is 10.5. The Morgan fingerprint density at radius 3 is 2.32 bits per heavy atom. The molecule has 1 amide bonds. The van der Waals surface area contributed by atoms with Gasteiger partial charge in [-0.15, -0.1) is 12.4 Å². The number of nitrogens with one attached hydrogen (secondary N) is 2. The highest BCUT2D eigenvalue weighted by Crippen LogP contribution is 2.32. The van der Waals surface area contributed by atoms with Gasteiger partial charge in [0, 0.05) is 5.69 Å². The van der Waals surface area contributed by atoms with Crippen LogP contribution in [0.25, 0.3) is 0 Å². The number of hydrogen-bond acceptors (Lipinski definition) is 3. The molecule has 4 nitrogen and oxygen atoms in total. The molecule has 19 heavy (non-hydrogen) atoms. The molecule has 0 saturated carbocycles. The van der Waals surface area contributed by atoms with Crippen LogP contribution in [-0.4, -0.2) is 17.4 Å². The highest BCUT2D eigenvalue weighted by molar-refractivity contribution is 6.23. The van der Waals surface area contributed by atoms with Gasteiger partial charge in [0.25, 0.3) is 5.91 Å². The van der Waals surface area contributed by atoms with Gasteiger partial charge in [0.1, 0.15) is 11.2 Å². The van der Waals surface area contributed by atoms with Crippen LogP contribution in [0.15, 0.2) is 41.5 Å². The molecular formula is C14H17ClN2O2. The van der Waals surface area contributed by atoms with Crippen molar-refractivity contribution in [2.45, 2.75) is 26.4 Å². The Balaban J connectivity index is 0.00000180. The summed E-state index contributed by atoms with van der Waals surface area (Å²) in [4.78, 5) is 12.1. The van der Waals surface area contributed by atoms with Crippen molar-refractivity contribution >= 4 is 29.9 Å². The summed E-state index contributed by atoms with van der Waals surface area (Å²) in [6, 6.07) is 9.18. The van der Waals surface area contributed by atoms with Crippen LogP contribution >= 0.6 is 12.4 Å². The number of anilines is 1. The third-order valence-corrected chi connectivity index (χ3v) is 3.12. The predicted octanol–water partition coefficient (Wildman–Crippen LogP) is 3.15. The number of carbonyl (C=O) groups is 1. The van der Waals surface area contributed by atoms with E-state index in [9.17, 15) is 4.79 Å². The number of para-hydroxylation sites is 1. The highest BCUT2D eigenvalue weighted by Gasteiger charge is 2.38. The second kappa shape index (κ2) is 5.45. The van der Waals surface area contributed by atoms with Crippen LogP contribution in [0, 0.1) is 5.41 Å². The number of ether oxygens (including phenoxy) is 1. The van der Waals surface area contributed by atoms with E-state index >= 15 is 0 Å². The maximum atomic E-state index is 12.1. The average Bonchev–Trinajstić information content (AvgIpc) is 2.49. The maximum Gasteiger partial charge on any atom is 0.261 e. The summed E-state index contributed by atoms with van der Waals surface area (Å²) in [6.45, 7) is 5.51. The molecule has 1 aromatic rings. The summed E-state index contributed by atoms with van der Waals surface area (Å²) >= 11 is 0. The monoisotopic (exact) mass is 280 g/mol. The van der Waals surface area contributed by atoms with Gasteiger partial charge in [-0.05, 0) is 38.5 Å². The van der Waals surface area contributed by atoms with E-state index in [1.807, 2.05) is 39.0 Å². The van der Waals surface area contributed by atoms with Gasteiger partial charge in [0.15, 0.2) is 0 Å². The third-order valence-electron chi connectivity index (χ3n) is 3.12. The number of carbonyl (C=O) groups excluding carboxylic acids is 1. The number of rotatable bonds is 2. The molecule has 5 heteroatoms. The lowest BCUT2D eigenvalue weighted by molar-refractivity contribution is -0.112. The van der Waals surface area contributed by atoms with Crippen LogP contribution in [-0.2, 0) is 9.53 Å². The topological polar surface area (TPSA) is 62.2 Å². The minimum Gasteiger partial charge on any atom is -0.467 e. The van der Waals surface area contributed by atoms with Crippen molar-refractivity contribution in [2.24, 2.45) is 0 Å². The Morgan fingerprint density at radius 2 is 1.84 bits per heavy atom. The van der Waals surface area contributed by atoms with Crippen LogP contribution in [0.1, 0.15) is 20.8 Å². The molecule has 102 valence electrons. The molecule has 0 atom stereocenters. The Morgan fingerprint density at radius 1 is 1.26 bits per heavy atom. The lowest BCUT2D eigenvalue weighted by Crippen LogP contribution is -2.21. The van der Waals surface area contributed by atoms with Gasteiger partial charge in [-0.25, -0.2) is 0 Å². The Bertz CT molecular complexity index is 536. The summed E-state index contributed by atoms with van der Waals surface area (Å²) in [7, 11) is 0. The quantitative estimate of drug-likeness (QED) is 0.874. The Kier molecular flexibility index (Phi) is 4.37. The lowest BCUT2D eigenvalue weighted by Gasteiger charge is -2.18. The Hall–Kier alpha value is -1.81. The van der Waals surface area contributed by atoms with Crippen LogP contribution < -0.4 is 5.32 Å². The van der Waals surface area contributed by atoms with E-state index in [0.29, 0.717) is 11.3 Å². The number of amides is 1. The van der Waals surface area contributed by atoms with E-state index < -0.39 is 5.60 Å². The molecule has 0 aromatic heterocycles. The lowest BCUT2D eigenvalue weighted by atomic mass is 9.97. The summed E-state index contributed by atoms with van der Waals surface area (Å²) in [5.41, 5.74) is 1.23. The van der Waals surface area contributed by atoms with Crippen LogP contribution in [0.4, 0.5) is 5.69 Å². The molecule has 0 fully saturated rings. The smallest absolute Gasteiger partial charge is 0.261 e. The molecule has 1 aliphatic rings. The van der Waals surface area contributed by atoms with Gasteiger partial charge >= 0.3 is 0 Å². The Labute approximate surface area is 118 Å². The van der Waals surface area contributed by atoms with Gasteiger partial charge in [-0.3, -0.25) is 10.2 Å². The average molecular weight is 281 g/mol. The fraction of sp³-hybridized carbons (Fsp3) is 0.286. The van der Waals surface area contributed by atoms with Crippen molar-refractivity contribution in [3.63, 3.8) is 0 Å². The number of benzene rings is 1. The second-order valence-corrected chi connectivity index (χ2v) is 4.76. The van der Waals surface area contributed by atoms with E-state index in [0.717, 1.165) is 5.57 Å². The zero-order chi connectivity index (χ0) is 13.3. The molecule has 1 aliphatic heterocycles. The van der Waals surface area contributed by atoms with Gasteiger partial charge in [-0.2, -0.15) is 0 Å². The molecule has 2 rings (SSSR count). The van der Waals surface area contributed by atoms with Crippen LogP contribution in [0.3, 0.4) is 0 Å². The van der Waals surface area contributed by atoms with E-state index in [1.54, 1.807) is 12.1 Å². The molecule has 0 spiro atoms. The van der Waals surface area contributed by atoms with E-state index in [-0.39, 0.29) is 24.2 Å². The first-order chi connectivity index (χ1) is 8.42. The van der Waals surface area contributed by atoms with Crippen LogP contribution in [0.5, 0.6) is 0 Å². The molecule has 0 bridgehead atoms. The first kappa shape index (κ1) is 15.2. The van der Waals surface area contributed by atoms with Crippen molar-refractivity contribution < 1.29 is 9.53 Å². The fourth-order valence-corrected chi connectivity index (χ4v) is 1.84. The molecular weight excluding hydrogens is 264 g/mol. The summed E-state index contributed by atoms with van der Waals surface area (Å²) in [5.74, 6) is -0.361. The summed E-state index contributed by atoms with van der Waals surface area (Å²) in [6.07, 6.45) is 0. The molecule has 1 heterocycles. The van der Waals surface area contributed by atoms with Gasteiger partial charge in [-0.1, -0.05) is 18.2 Å². The summed E-state index contributed by atoms with van der Waals surface area (Å²) < 4.78 is 5.38. The van der Waals surface area contributed by atoms with Crippen molar-refractivity contribution in [1.29, 1.82) is 5.41 Å². The zero-order valence-corrected chi connectivity index (χ0v) is 11.9. The van der Waals surface area contributed by atoms with Gasteiger partial charge < -0.3 is 10.1 Å². The van der Waals surface area contributed by atoms with E-state index in [2.05, 4.69) is 5.32 Å². The van der Waals surface area contributed by atoms with Gasteiger partial charge in [0.05, 0.1) is 0 Å². The number of halogens is 1. The minimum absolute atomic E-state index is 0. The molecule has 1 aromatic carbocycles. The van der Waals surface area contributed by atoms with Crippen LogP contribution in [0.2, 0.25) is 0 Å². The predicted molar refractivity (Wildman–Crippen MR) is 77.9 cm³/mol. The van der Waals surface area contributed by atoms with Crippen molar-refractivity contribution in [1.82, 2.24) is 0 Å². The van der Waals surface area contributed by atoms with Crippen molar-refractivity contribution in [3.05, 3.63) is 41.5 Å². The first-order valence-corrected chi connectivity index (χ1v) is 5.77. The molecule has 0 saturated heterocycles. The molecule has 0 unspecified atom stereocenters. The second-order valence-electron chi connectivity index (χ2n) is 4.76. The maximum absolute atomic E-state index is 12.1. The zero-order valence-electron chi connectivity index (χ0n) is 11.1. The SMILES string of the molecule is CC1=C(C(=O)Nc2ccccc2)C(=N)OC1(C)C.Cl. The van der Waals surface area contributed by atoms with E-state index in [4.69, 9.17) is 10.1 Å². The van der Waals surface area contributed by atoms with Gasteiger partial charge in [0.2, 0.25) is 5.90 Å². The first-order valence-electron chi connectivity index (χ1n) is 5.77. The molecule has 2 N–H and O–H groups in total. The van der Waals surface area contributed by atoms with E-state index in [1.165, 1.54) is 0 Å². The number of hydrogen-bond donors (Lipinski definition) is 2. The van der Waals surface area contributed by atoms with Crippen molar-refractivity contribution in [3.8, 4) is 0 Å². The third kappa shape index (κ3) is 2.96. The normalized spacial score (nSPS) is 16.7. The highest BCUT2D eigenvalue weighted by atomic mass is 35.5. The molecule has 0 radical (unpaired) electrons. The standard InChI is InChI=1S/C14H16N2O2.ClH/c1-9-11(12(15)18-14(9,2)3)13(17)16-10-7-5-4-6-8-10;/h4-8,15H,1-3H3,(H,16,17);1H. The van der Waals surface area contributed by atoms with Crippen molar-refractivity contribution in [2.75, 3.05) is 5.32 Å². The molecule has 0 aliphatic carbocycles.